The van der Waals surface area contributed by atoms with E-state index in [1.54, 1.807) is 19.1 Å². The van der Waals surface area contributed by atoms with Crippen molar-refractivity contribution in [3.8, 4) is 0 Å². The van der Waals surface area contributed by atoms with E-state index >= 15 is 0 Å². The molecule has 2 aliphatic carbocycles. The van der Waals surface area contributed by atoms with Crippen molar-refractivity contribution in [3.63, 3.8) is 0 Å². The molecule has 5 rings (SSSR count). The van der Waals surface area contributed by atoms with Crippen molar-refractivity contribution in [2.24, 2.45) is 5.92 Å². The number of halogens is 1. The van der Waals surface area contributed by atoms with E-state index in [0.717, 1.165) is 4.90 Å². The van der Waals surface area contributed by atoms with Gasteiger partial charge in [-0.3, -0.25) is 28.8 Å². The van der Waals surface area contributed by atoms with Gasteiger partial charge in [0.15, 0.2) is 0 Å². The summed E-state index contributed by atoms with van der Waals surface area (Å²) in [6, 6.07) is 3.35. The largest absolute Gasteiger partial charge is 0.444 e. The minimum Gasteiger partial charge on any atom is -0.444 e. The molecule has 0 spiro atoms. The molecule has 3 N–H and O–H groups in total. The van der Waals surface area contributed by atoms with Crippen LogP contribution in [-0.4, -0.2) is 84.0 Å². The molecule has 236 valence electrons. The minimum atomic E-state index is -3.89. The Hall–Kier alpha value is -4.27. The molecule has 0 radical (unpaired) electrons. The van der Waals surface area contributed by atoms with E-state index in [-0.39, 0.29) is 32.5 Å². The van der Waals surface area contributed by atoms with Crippen molar-refractivity contribution in [3.05, 3.63) is 60.0 Å². The molecule has 1 aromatic rings. The zero-order chi connectivity index (χ0) is 31.8. The Morgan fingerprint density at radius 2 is 1.93 bits per heavy atom. The molecule has 3 fully saturated rings. The molecule has 15 heteroatoms. The minimum absolute atomic E-state index is 0.00142. The molecule has 0 aromatic heterocycles. The predicted octanol–water partition coefficient (Wildman–Crippen LogP) is 0.609. The number of amides is 5. The third kappa shape index (κ3) is 6.32. The quantitative estimate of drug-likeness (QED) is 0.249. The number of nitrogens with zero attached hydrogens (tertiary/aromatic N) is 2. The highest BCUT2D eigenvalue weighted by molar-refractivity contribution is 7.91. The summed E-state index contributed by atoms with van der Waals surface area (Å²) >= 11 is 0. The Morgan fingerprint density at radius 1 is 1.18 bits per heavy atom. The molecule has 4 aliphatic rings. The molecule has 1 aromatic carbocycles. The van der Waals surface area contributed by atoms with Crippen LogP contribution in [0.1, 0.15) is 43.7 Å². The van der Waals surface area contributed by atoms with Crippen LogP contribution in [0.2, 0.25) is 0 Å². The summed E-state index contributed by atoms with van der Waals surface area (Å²) in [5.74, 6) is -3.78. The molecule has 0 bridgehead atoms. The van der Waals surface area contributed by atoms with Crippen LogP contribution < -0.4 is 15.4 Å². The van der Waals surface area contributed by atoms with E-state index in [9.17, 15) is 36.8 Å². The second kappa shape index (κ2) is 12.0. The summed E-state index contributed by atoms with van der Waals surface area (Å²) in [6.45, 7) is 4.80. The Morgan fingerprint density at radius 3 is 2.57 bits per heavy atom. The first-order valence-electron chi connectivity index (χ1n) is 14.3. The second-order valence-electron chi connectivity index (χ2n) is 11.4. The number of ether oxygens (including phenoxy) is 1. The van der Waals surface area contributed by atoms with Crippen molar-refractivity contribution in [1.82, 2.24) is 25.2 Å². The highest BCUT2D eigenvalue weighted by atomic mass is 32.2. The number of rotatable bonds is 10. The summed E-state index contributed by atoms with van der Waals surface area (Å²) in [5, 5.41) is 4.41. The van der Waals surface area contributed by atoms with E-state index in [2.05, 4.69) is 21.9 Å². The maximum atomic E-state index is 14.2. The third-order valence-corrected chi connectivity index (χ3v) is 10.1. The molecular formula is C29H34FN5O8S. The van der Waals surface area contributed by atoms with Crippen molar-refractivity contribution in [1.29, 1.82) is 0 Å². The molecule has 4 atom stereocenters. The number of likely N-dealkylation sites (tertiary alicyclic amines) is 1. The van der Waals surface area contributed by atoms with Crippen LogP contribution in [0.5, 0.6) is 0 Å². The van der Waals surface area contributed by atoms with E-state index in [0.29, 0.717) is 24.0 Å². The lowest BCUT2D eigenvalue weighted by molar-refractivity contribution is -0.139. The molecule has 13 nitrogen and oxygen atoms in total. The van der Waals surface area contributed by atoms with Gasteiger partial charge in [-0.15, -0.1) is 6.58 Å². The van der Waals surface area contributed by atoms with Crippen LogP contribution >= 0.6 is 0 Å². The highest BCUT2D eigenvalue weighted by Gasteiger charge is 2.62. The van der Waals surface area contributed by atoms with Crippen LogP contribution in [-0.2, 0) is 47.0 Å². The van der Waals surface area contributed by atoms with Crippen molar-refractivity contribution in [2.75, 3.05) is 13.1 Å². The Balaban J connectivity index is 1.29. The smallest absolute Gasteiger partial charge is 0.410 e. The van der Waals surface area contributed by atoms with Crippen LogP contribution in [0.4, 0.5) is 9.18 Å². The first-order valence-corrected chi connectivity index (χ1v) is 15.9. The van der Waals surface area contributed by atoms with E-state index in [1.165, 1.54) is 29.2 Å². The lowest BCUT2D eigenvalue weighted by Crippen LogP contribution is -2.57. The first-order chi connectivity index (χ1) is 20.9. The van der Waals surface area contributed by atoms with Gasteiger partial charge in [-0.2, -0.15) is 0 Å². The molecular weight excluding hydrogens is 597 g/mol. The maximum Gasteiger partial charge on any atom is 0.410 e. The van der Waals surface area contributed by atoms with Gasteiger partial charge in [-0.05, 0) is 43.9 Å². The molecule has 2 aliphatic heterocycles. The molecule has 44 heavy (non-hydrogen) atoms. The number of hydrogen-bond donors (Lipinski definition) is 3. The molecule has 1 unspecified atom stereocenters. The van der Waals surface area contributed by atoms with Gasteiger partial charge in [0.25, 0.3) is 5.91 Å². The topological polar surface area (TPSA) is 171 Å². The highest BCUT2D eigenvalue weighted by Crippen LogP contribution is 2.45. The number of benzene rings is 1. The number of carbonyl (C=O) groups excluding carboxylic acids is 5. The second-order valence-corrected chi connectivity index (χ2v) is 13.4. The average Bonchev–Trinajstić information content (AvgIpc) is 3.86. The summed E-state index contributed by atoms with van der Waals surface area (Å²) in [4.78, 5) is 67.4. The zero-order valence-corrected chi connectivity index (χ0v) is 24.9. The van der Waals surface area contributed by atoms with Crippen LogP contribution in [0.3, 0.4) is 0 Å². The lowest BCUT2D eigenvalue weighted by atomic mass is 10.1. The third-order valence-electron chi connectivity index (χ3n) is 8.32. The van der Waals surface area contributed by atoms with Crippen LogP contribution in [0, 0.1) is 11.7 Å². The number of hydrogen-bond acceptors (Lipinski definition) is 8. The fraction of sp³-hybridized carbons (Fsp3) is 0.483. The number of fused-ring (bicyclic) bond motifs is 1. The Labute approximate surface area is 253 Å². The van der Waals surface area contributed by atoms with E-state index < -0.39 is 81.0 Å². The van der Waals surface area contributed by atoms with E-state index in [1.807, 2.05) is 0 Å². The van der Waals surface area contributed by atoms with Crippen molar-refractivity contribution >= 4 is 39.7 Å². The monoisotopic (exact) mass is 631 g/mol. The maximum absolute atomic E-state index is 14.2. The number of allylic oxidation sites excluding steroid dienone is 1. The van der Waals surface area contributed by atoms with Gasteiger partial charge in [0.2, 0.25) is 27.7 Å². The molecule has 1 saturated heterocycles. The molecule has 5 amide bonds. The SMILES string of the molecule is C=C[C@@H]1C[C@]1(NC(=O)[C@@H]1CC(OC(=O)N2Cc3cccc(F)c3C2)CN1C(=O)CNC(=O)/C=C/C)C(=O)NS(=O)(=O)C1CC1. The average molecular weight is 632 g/mol. The summed E-state index contributed by atoms with van der Waals surface area (Å²) in [7, 11) is -3.89. The summed E-state index contributed by atoms with van der Waals surface area (Å²) < 4.78 is 46.8. The van der Waals surface area contributed by atoms with Crippen molar-refractivity contribution in [2.45, 2.75) is 68.6 Å². The fourth-order valence-electron chi connectivity index (χ4n) is 5.63. The lowest BCUT2D eigenvalue weighted by Gasteiger charge is -2.26. The summed E-state index contributed by atoms with van der Waals surface area (Å²) in [6.07, 6.45) is 3.33. The van der Waals surface area contributed by atoms with Gasteiger partial charge in [0.1, 0.15) is 23.5 Å². The number of carbonyl (C=O) groups is 5. The van der Waals surface area contributed by atoms with E-state index in [4.69, 9.17) is 4.74 Å². The van der Waals surface area contributed by atoms with Gasteiger partial charge < -0.3 is 20.3 Å². The van der Waals surface area contributed by atoms with Gasteiger partial charge in [-0.1, -0.05) is 24.3 Å². The van der Waals surface area contributed by atoms with Gasteiger partial charge >= 0.3 is 6.09 Å². The Bertz CT molecular complexity index is 1540. The standard InChI is InChI=1S/C29H34FN5O8S/c1-3-6-24(36)31-13-25(37)35-15-19(43-28(40)34-14-17-7-5-8-22(30)21(17)16-34)11-23(35)26(38)32-29(12-18(29)4-2)27(39)33-44(41,42)20-9-10-20/h3-8,18-20,23H,2,9-16H2,1H3,(H,31,36)(H,32,38)(H,33,39)/b6-3+/t18-,19?,23+,29-/m1/s1. The zero-order valence-electron chi connectivity index (χ0n) is 24.1. The number of nitrogens with one attached hydrogen (secondary N) is 3. The molecule has 2 heterocycles. The Kier molecular flexibility index (Phi) is 8.51. The van der Waals surface area contributed by atoms with Crippen molar-refractivity contribution < 1.29 is 41.5 Å². The predicted molar refractivity (Wildman–Crippen MR) is 153 cm³/mol. The summed E-state index contributed by atoms with van der Waals surface area (Å²) in [5.41, 5.74) is -0.543. The van der Waals surface area contributed by atoms with Gasteiger partial charge in [0.05, 0.1) is 24.9 Å². The van der Waals surface area contributed by atoms with Gasteiger partial charge in [-0.25, -0.2) is 17.6 Å². The number of sulfonamides is 1. The van der Waals surface area contributed by atoms with Crippen LogP contribution in [0.25, 0.3) is 0 Å². The first kappa shape index (κ1) is 31.2. The van der Waals surface area contributed by atoms with Crippen LogP contribution in [0.15, 0.2) is 43.0 Å². The fourth-order valence-corrected chi connectivity index (χ4v) is 6.99. The van der Waals surface area contributed by atoms with Gasteiger partial charge in [0, 0.05) is 24.4 Å². The normalized spacial score (nSPS) is 25.7. The molecule has 2 saturated carbocycles.